The minimum Gasteiger partial charge on any atom is -0.493 e. The van der Waals surface area contributed by atoms with E-state index in [1.165, 1.54) is 25.5 Å². The largest absolute Gasteiger partial charge is 0.493 e. The van der Waals surface area contributed by atoms with Gasteiger partial charge in [-0.1, -0.05) is 19.1 Å². The fourth-order valence-electron chi connectivity index (χ4n) is 2.21. The van der Waals surface area contributed by atoms with Gasteiger partial charge in [0.05, 0.1) is 13.3 Å². The summed E-state index contributed by atoms with van der Waals surface area (Å²) in [5, 5.41) is 6.21. The topological polar surface area (TPSA) is 89.0 Å². The van der Waals surface area contributed by atoms with Crippen LogP contribution in [0.2, 0.25) is 0 Å². The zero-order chi connectivity index (χ0) is 20.4. The normalized spacial score (nSPS) is 10.5. The predicted molar refractivity (Wildman–Crippen MR) is 103 cm³/mol. The molecule has 0 radical (unpaired) electrons. The van der Waals surface area contributed by atoms with Gasteiger partial charge in [-0.3, -0.25) is 9.59 Å². The summed E-state index contributed by atoms with van der Waals surface area (Å²) in [5.74, 6) is -0.978. The summed E-state index contributed by atoms with van der Waals surface area (Å²) >= 11 is 0. The molecule has 0 fully saturated rings. The number of hydrogen-bond donors (Lipinski definition) is 2. The smallest absolute Gasteiger partial charge is 0.329 e. The van der Waals surface area contributed by atoms with E-state index in [9.17, 15) is 14.0 Å². The van der Waals surface area contributed by atoms with Gasteiger partial charge in [0.15, 0.2) is 11.5 Å². The lowest BCUT2D eigenvalue weighted by atomic mass is 10.2. The fraction of sp³-hybridized carbons (Fsp3) is 0.250. The van der Waals surface area contributed by atoms with E-state index < -0.39 is 11.8 Å². The number of hydrazone groups is 1. The third-order valence-electron chi connectivity index (χ3n) is 3.59. The van der Waals surface area contributed by atoms with Crippen LogP contribution in [0.5, 0.6) is 11.5 Å². The quantitative estimate of drug-likeness (QED) is 0.414. The highest BCUT2D eigenvalue weighted by Gasteiger charge is 2.11. The van der Waals surface area contributed by atoms with E-state index in [1.54, 1.807) is 30.3 Å². The van der Waals surface area contributed by atoms with E-state index in [0.29, 0.717) is 29.2 Å². The molecule has 0 atom stereocenters. The Labute approximate surface area is 162 Å². The molecule has 8 heteroatoms. The fourth-order valence-corrected chi connectivity index (χ4v) is 2.21. The summed E-state index contributed by atoms with van der Waals surface area (Å²) < 4.78 is 24.2. The summed E-state index contributed by atoms with van der Waals surface area (Å²) in [4.78, 5) is 23.0. The highest BCUT2D eigenvalue weighted by Crippen LogP contribution is 2.28. The Hall–Kier alpha value is -3.42. The summed E-state index contributed by atoms with van der Waals surface area (Å²) in [5.41, 5.74) is 3.48. The summed E-state index contributed by atoms with van der Waals surface area (Å²) in [6.45, 7) is 2.49. The molecular formula is C20H22FN3O4. The van der Waals surface area contributed by atoms with Gasteiger partial charge in [0, 0.05) is 6.54 Å². The van der Waals surface area contributed by atoms with Crippen molar-refractivity contribution in [1.82, 2.24) is 10.7 Å². The molecule has 2 amide bonds. The lowest BCUT2D eigenvalue weighted by molar-refractivity contribution is -0.139. The molecule has 2 aromatic rings. The summed E-state index contributed by atoms with van der Waals surface area (Å²) in [6.07, 6.45) is 2.11. The number of hydrogen-bond acceptors (Lipinski definition) is 5. The number of halogens is 1. The third kappa shape index (κ3) is 6.39. The molecule has 0 saturated carbocycles. The van der Waals surface area contributed by atoms with Gasteiger partial charge in [-0.15, -0.1) is 0 Å². The van der Waals surface area contributed by atoms with Crippen molar-refractivity contribution in [2.75, 3.05) is 13.7 Å². The van der Waals surface area contributed by atoms with E-state index in [4.69, 9.17) is 9.47 Å². The van der Waals surface area contributed by atoms with Gasteiger partial charge in [-0.05, 0) is 47.9 Å². The zero-order valence-corrected chi connectivity index (χ0v) is 15.7. The van der Waals surface area contributed by atoms with Gasteiger partial charge in [0.2, 0.25) is 0 Å². The van der Waals surface area contributed by atoms with Crippen molar-refractivity contribution in [2.24, 2.45) is 5.10 Å². The van der Waals surface area contributed by atoms with Crippen molar-refractivity contribution < 1.29 is 23.5 Å². The van der Waals surface area contributed by atoms with Crippen LogP contribution in [0.1, 0.15) is 24.5 Å². The Morgan fingerprint density at radius 2 is 1.96 bits per heavy atom. The van der Waals surface area contributed by atoms with E-state index in [1.807, 2.05) is 6.92 Å². The van der Waals surface area contributed by atoms with Crippen molar-refractivity contribution in [2.45, 2.75) is 20.0 Å². The van der Waals surface area contributed by atoms with Gasteiger partial charge in [-0.25, -0.2) is 9.82 Å². The maximum atomic E-state index is 13.2. The summed E-state index contributed by atoms with van der Waals surface area (Å²) in [6, 6.07) is 11.2. The van der Waals surface area contributed by atoms with Crippen molar-refractivity contribution in [1.29, 1.82) is 0 Å². The molecule has 2 rings (SSSR count). The van der Waals surface area contributed by atoms with Crippen molar-refractivity contribution >= 4 is 18.0 Å². The Morgan fingerprint density at radius 1 is 1.14 bits per heavy atom. The molecule has 28 heavy (non-hydrogen) atoms. The average molecular weight is 387 g/mol. The second-order valence-corrected chi connectivity index (χ2v) is 5.78. The number of ether oxygens (including phenoxy) is 2. The van der Waals surface area contributed by atoms with Gasteiger partial charge >= 0.3 is 11.8 Å². The first-order valence-electron chi connectivity index (χ1n) is 8.70. The standard InChI is InChI=1S/C20H22FN3O4/c1-3-9-22-19(25)20(26)24-23-12-14-7-8-17(18(11-14)27-2)28-13-15-5-4-6-16(21)10-15/h4-8,10-12H,3,9,13H2,1-2H3,(H,22,25)(H,24,26)/b23-12-. The number of carbonyl (C=O) groups excluding carboxylic acids is 2. The number of carbonyl (C=O) groups is 2. The molecule has 0 spiro atoms. The number of nitrogens with zero attached hydrogens (tertiary/aromatic N) is 1. The third-order valence-corrected chi connectivity index (χ3v) is 3.59. The molecule has 0 aliphatic rings. The lowest BCUT2D eigenvalue weighted by Crippen LogP contribution is -2.38. The number of amides is 2. The van der Waals surface area contributed by atoms with Crippen LogP contribution >= 0.6 is 0 Å². The van der Waals surface area contributed by atoms with Crippen LogP contribution in [0.25, 0.3) is 0 Å². The number of methoxy groups -OCH3 is 1. The molecule has 0 aliphatic carbocycles. The van der Waals surface area contributed by atoms with Crippen LogP contribution in [-0.4, -0.2) is 31.7 Å². The van der Waals surface area contributed by atoms with Crippen LogP contribution in [0.15, 0.2) is 47.6 Å². The minimum absolute atomic E-state index is 0.185. The average Bonchev–Trinajstić information content (AvgIpc) is 2.70. The van der Waals surface area contributed by atoms with E-state index in [-0.39, 0.29) is 12.4 Å². The van der Waals surface area contributed by atoms with Gasteiger partial charge in [0.1, 0.15) is 12.4 Å². The molecule has 0 heterocycles. The lowest BCUT2D eigenvalue weighted by Gasteiger charge is -2.11. The van der Waals surface area contributed by atoms with E-state index in [0.717, 1.165) is 6.42 Å². The van der Waals surface area contributed by atoms with Crippen LogP contribution in [0.4, 0.5) is 4.39 Å². The Kier molecular flexibility index (Phi) is 7.95. The number of benzene rings is 2. The van der Waals surface area contributed by atoms with Gasteiger partial charge in [-0.2, -0.15) is 5.10 Å². The van der Waals surface area contributed by atoms with Crippen LogP contribution in [-0.2, 0) is 16.2 Å². The molecule has 0 saturated heterocycles. The second-order valence-electron chi connectivity index (χ2n) is 5.78. The SMILES string of the molecule is CCCNC(=O)C(=O)N/N=C\c1ccc(OCc2cccc(F)c2)c(OC)c1. The number of nitrogens with one attached hydrogen (secondary N) is 2. The molecule has 2 N–H and O–H groups in total. The molecule has 0 unspecified atom stereocenters. The molecular weight excluding hydrogens is 365 g/mol. The Morgan fingerprint density at radius 3 is 2.68 bits per heavy atom. The first-order valence-corrected chi connectivity index (χ1v) is 8.70. The van der Waals surface area contributed by atoms with E-state index in [2.05, 4.69) is 15.8 Å². The van der Waals surface area contributed by atoms with Crippen molar-refractivity contribution in [3.05, 3.63) is 59.4 Å². The molecule has 7 nitrogen and oxygen atoms in total. The molecule has 148 valence electrons. The molecule has 0 aliphatic heterocycles. The van der Waals surface area contributed by atoms with Crippen molar-refractivity contribution in [3.63, 3.8) is 0 Å². The highest BCUT2D eigenvalue weighted by atomic mass is 19.1. The summed E-state index contributed by atoms with van der Waals surface area (Å²) in [7, 11) is 1.49. The first kappa shape index (κ1) is 20.9. The minimum atomic E-state index is -0.841. The van der Waals surface area contributed by atoms with Crippen LogP contribution in [0.3, 0.4) is 0 Å². The van der Waals surface area contributed by atoms with Crippen LogP contribution in [0, 0.1) is 5.82 Å². The Balaban J connectivity index is 1.96. The molecule has 0 bridgehead atoms. The highest BCUT2D eigenvalue weighted by molar-refractivity contribution is 6.35. The van der Waals surface area contributed by atoms with Gasteiger partial charge < -0.3 is 14.8 Å². The first-order chi connectivity index (χ1) is 13.5. The zero-order valence-electron chi connectivity index (χ0n) is 15.7. The molecule has 2 aromatic carbocycles. The van der Waals surface area contributed by atoms with Gasteiger partial charge in [0.25, 0.3) is 0 Å². The Bertz CT molecular complexity index is 855. The predicted octanol–water partition coefficient (Wildman–Crippen LogP) is 2.39. The maximum Gasteiger partial charge on any atom is 0.329 e. The maximum absolute atomic E-state index is 13.2. The van der Waals surface area contributed by atoms with Crippen molar-refractivity contribution in [3.8, 4) is 11.5 Å². The monoisotopic (exact) mass is 387 g/mol. The number of rotatable bonds is 8. The second kappa shape index (κ2) is 10.7. The van der Waals surface area contributed by atoms with Crippen LogP contribution < -0.4 is 20.2 Å². The molecule has 0 aromatic heterocycles. The van der Waals surface area contributed by atoms with E-state index >= 15 is 0 Å².